The number of hydrogen-bond acceptors (Lipinski definition) is 2. The van der Waals surface area contributed by atoms with Crippen molar-refractivity contribution < 1.29 is 4.79 Å². The molecule has 0 bridgehead atoms. The van der Waals surface area contributed by atoms with E-state index in [1.54, 1.807) is 11.9 Å². The van der Waals surface area contributed by atoms with Gasteiger partial charge in [-0.05, 0) is 24.0 Å². The lowest BCUT2D eigenvalue weighted by molar-refractivity contribution is -0.121. The number of benzene rings is 1. The van der Waals surface area contributed by atoms with Gasteiger partial charge >= 0.3 is 0 Å². The van der Waals surface area contributed by atoms with E-state index < -0.39 is 6.04 Å². The Hall–Kier alpha value is -1.35. The number of carbonyl (C=O) groups excluding carboxylic acids is 1. The summed E-state index contributed by atoms with van der Waals surface area (Å²) in [5.74, 6) is -0.0493. The van der Waals surface area contributed by atoms with Crippen molar-refractivity contribution in [2.45, 2.75) is 33.7 Å². The molecule has 3 nitrogen and oxygen atoms in total. The number of nitrogens with two attached hydrogens (primary N) is 1. The van der Waals surface area contributed by atoms with Gasteiger partial charge in [-0.15, -0.1) is 0 Å². The van der Waals surface area contributed by atoms with Crippen molar-refractivity contribution in [1.29, 1.82) is 0 Å². The van der Waals surface area contributed by atoms with E-state index in [2.05, 4.69) is 0 Å². The van der Waals surface area contributed by atoms with E-state index in [9.17, 15) is 4.79 Å². The fourth-order valence-corrected chi connectivity index (χ4v) is 1.64. The van der Waals surface area contributed by atoms with Crippen molar-refractivity contribution in [2.24, 2.45) is 11.1 Å². The van der Waals surface area contributed by atoms with Crippen LogP contribution in [0.3, 0.4) is 0 Å². The minimum Gasteiger partial charge on any atom is -0.319 e. The second-order valence-electron chi connectivity index (χ2n) is 5.53. The highest BCUT2D eigenvalue weighted by atomic mass is 16.2. The van der Waals surface area contributed by atoms with E-state index >= 15 is 0 Å². The van der Waals surface area contributed by atoms with E-state index in [4.69, 9.17) is 5.73 Å². The predicted molar refractivity (Wildman–Crippen MR) is 72.0 cm³/mol. The maximum atomic E-state index is 12.2. The standard InChI is InChI=1S/C14H22N2O/c1-10-8-6-7-9-11(10)16(5)13(17)12(15)14(2,3)4/h6-9,12H,15H2,1-5H3. The molecule has 17 heavy (non-hydrogen) atoms. The highest BCUT2D eigenvalue weighted by Gasteiger charge is 2.30. The Morgan fingerprint density at radius 2 is 1.82 bits per heavy atom. The molecule has 1 aromatic rings. The Kier molecular flexibility index (Phi) is 3.94. The quantitative estimate of drug-likeness (QED) is 0.853. The lowest BCUT2D eigenvalue weighted by atomic mass is 9.86. The van der Waals surface area contributed by atoms with Gasteiger partial charge in [-0.2, -0.15) is 0 Å². The lowest BCUT2D eigenvalue weighted by Gasteiger charge is -2.30. The zero-order chi connectivity index (χ0) is 13.2. The number of aryl methyl sites for hydroxylation is 1. The van der Waals surface area contributed by atoms with Crippen LogP contribution in [0, 0.1) is 12.3 Å². The molecule has 0 aromatic heterocycles. The third-order valence-corrected chi connectivity index (χ3v) is 3.01. The van der Waals surface area contributed by atoms with Gasteiger partial charge in [-0.25, -0.2) is 0 Å². The number of likely N-dealkylation sites (N-methyl/N-ethyl adjacent to an activating group) is 1. The molecule has 1 aromatic carbocycles. The summed E-state index contributed by atoms with van der Waals surface area (Å²) < 4.78 is 0. The van der Waals surface area contributed by atoms with E-state index in [1.165, 1.54) is 0 Å². The first-order chi connectivity index (χ1) is 7.75. The van der Waals surface area contributed by atoms with Crippen LogP contribution in [0.4, 0.5) is 5.69 Å². The summed E-state index contributed by atoms with van der Waals surface area (Å²) in [6.07, 6.45) is 0. The van der Waals surface area contributed by atoms with Crippen LogP contribution in [0.5, 0.6) is 0 Å². The van der Waals surface area contributed by atoms with Gasteiger partial charge in [-0.1, -0.05) is 39.0 Å². The molecule has 0 aliphatic heterocycles. The van der Waals surface area contributed by atoms with Crippen LogP contribution < -0.4 is 10.6 Å². The van der Waals surface area contributed by atoms with Gasteiger partial charge in [0.05, 0.1) is 6.04 Å². The lowest BCUT2D eigenvalue weighted by Crippen LogP contribution is -2.49. The molecule has 94 valence electrons. The number of anilines is 1. The van der Waals surface area contributed by atoms with Gasteiger partial charge in [-0.3, -0.25) is 4.79 Å². The van der Waals surface area contributed by atoms with E-state index in [0.29, 0.717) is 0 Å². The molecule has 0 radical (unpaired) electrons. The van der Waals surface area contributed by atoms with Crippen LogP contribution in [0.2, 0.25) is 0 Å². The molecule has 0 heterocycles. The minimum absolute atomic E-state index is 0.0493. The number of nitrogens with zero attached hydrogens (tertiary/aromatic N) is 1. The summed E-state index contributed by atoms with van der Waals surface area (Å²) in [4.78, 5) is 13.9. The maximum Gasteiger partial charge on any atom is 0.244 e. The van der Waals surface area contributed by atoms with Gasteiger partial charge in [0.25, 0.3) is 0 Å². The van der Waals surface area contributed by atoms with Crippen molar-refractivity contribution in [1.82, 2.24) is 0 Å². The smallest absolute Gasteiger partial charge is 0.244 e. The molecule has 0 saturated carbocycles. The second kappa shape index (κ2) is 4.88. The van der Waals surface area contributed by atoms with Crippen LogP contribution in [-0.2, 0) is 4.79 Å². The molecule has 0 fully saturated rings. The SMILES string of the molecule is Cc1ccccc1N(C)C(=O)C(N)C(C)(C)C. The third kappa shape index (κ3) is 3.07. The van der Waals surface area contributed by atoms with E-state index in [1.807, 2.05) is 52.0 Å². The van der Waals surface area contributed by atoms with Crippen molar-refractivity contribution in [3.63, 3.8) is 0 Å². The number of hydrogen-bond donors (Lipinski definition) is 1. The topological polar surface area (TPSA) is 46.3 Å². The molecule has 1 amide bonds. The van der Waals surface area contributed by atoms with Crippen LogP contribution in [0.1, 0.15) is 26.3 Å². The fourth-order valence-electron chi connectivity index (χ4n) is 1.64. The first-order valence-electron chi connectivity index (χ1n) is 5.84. The minimum atomic E-state index is -0.493. The van der Waals surface area contributed by atoms with Crippen molar-refractivity contribution in [3.05, 3.63) is 29.8 Å². The van der Waals surface area contributed by atoms with Crippen molar-refractivity contribution >= 4 is 11.6 Å². The average Bonchev–Trinajstić information content (AvgIpc) is 2.25. The molecule has 0 aliphatic rings. The first kappa shape index (κ1) is 13.7. The van der Waals surface area contributed by atoms with E-state index in [0.717, 1.165) is 11.3 Å². The van der Waals surface area contributed by atoms with Gasteiger partial charge in [0.15, 0.2) is 0 Å². The molecule has 1 atom stereocenters. The Bertz CT molecular complexity index is 407. The number of amides is 1. The van der Waals surface area contributed by atoms with Crippen LogP contribution >= 0.6 is 0 Å². The highest BCUT2D eigenvalue weighted by Crippen LogP contribution is 2.23. The summed E-state index contributed by atoms with van der Waals surface area (Å²) in [6, 6.07) is 7.31. The average molecular weight is 234 g/mol. The highest BCUT2D eigenvalue weighted by molar-refractivity contribution is 5.97. The van der Waals surface area contributed by atoms with Crippen LogP contribution in [0.15, 0.2) is 24.3 Å². The van der Waals surface area contributed by atoms with Crippen molar-refractivity contribution in [2.75, 3.05) is 11.9 Å². The monoisotopic (exact) mass is 234 g/mol. The number of rotatable bonds is 2. The Morgan fingerprint density at radius 3 is 2.29 bits per heavy atom. The van der Waals surface area contributed by atoms with Gasteiger partial charge in [0.1, 0.15) is 0 Å². The zero-order valence-electron chi connectivity index (χ0n) is 11.3. The summed E-state index contributed by atoms with van der Waals surface area (Å²) in [6.45, 7) is 7.91. The van der Waals surface area contributed by atoms with Gasteiger partial charge < -0.3 is 10.6 Å². The Morgan fingerprint density at radius 1 is 1.29 bits per heavy atom. The van der Waals surface area contributed by atoms with Crippen LogP contribution in [-0.4, -0.2) is 19.0 Å². The van der Waals surface area contributed by atoms with Gasteiger partial charge in [0, 0.05) is 12.7 Å². The molecule has 3 heteroatoms. The molecule has 0 saturated heterocycles. The zero-order valence-corrected chi connectivity index (χ0v) is 11.3. The molecule has 1 rings (SSSR count). The molecule has 2 N–H and O–H groups in total. The van der Waals surface area contributed by atoms with Gasteiger partial charge in [0.2, 0.25) is 5.91 Å². The fraction of sp³-hybridized carbons (Fsp3) is 0.500. The number of para-hydroxylation sites is 1. The molecule has 0 aliphatic carbocycles. The Balaban J connectivity index is 2.95. The van der Waals surface area contributed by atoms with Crippen LogP contribution in [0.25, 0.3) is 0 Å². The third-order valence-electron chi connectivity index (χ3n) is 3.01. The molecule has 1 unspecified atom stereocenters. The summed E-state index contributed by atoms with van der Waals surface area (Å²) in [5.41, 5.74) is 7.75. The normalized spacial score (nSPS) is 13.3. The molecule has 0 spiro atoms. The van der Waals surface area contributed by atoms with E-state index in [-0.39, 0.29) is 11.3 Å². The maximum absolute atomic E-state index is 12.2. The number of carbonyl (C=O) groups is 1. The summed E-state index contributed by atoms with van der Waals surface area (Å²) in [5, 5.41) is 0. The molecular weight excluding hydrogens is 212 g/mol. The first-order valence-corrected chi connectivity index (χ1v) is 5.84. The Labute approximate surface area is 104 Å². The van der Waals surface area contributed by atoms with Crippen molar-refractivity contribution in [3.8, 4) is 0 Å². The molecular formula is C14H22N2O. The summed E-state index contributed by atoms with van der Waals surface area (Å²) >= 11 is 0. The predicted octanol–water partition coefficient (Wildman–Crippen LogP) is 2.33. The summed E-state index contributed by atoms with van der Waals surface area (Å²) in [7, 11) is 1.77. The second-order valence-corrected chi connectivity index (χ2v) is 5.53. The largest absolute Gasteiger partial charge is 0.319 e.